The Hall–Kier alpha value is -4.46. The fourth-order valence-electron chi connectivity index (χ4n) is 3.60. The van der Waals surface area contributed by atoms with Gasteiger partial charge in [0, 0.05) is 17.1 Å². The number of rotatable bonds is 6. The Kier molecular flexibility index (Phi) is 5.32. The molecule has 0 bridgehead atoms. The van der Waals surface area contributed by atoms with Crippen LogP contribution in [-0.2, 0) is 11.2 Å². The first-order chi connectivity index (χ1) is 16.1. The van der Waals surface area contributed by atoms with E-state index < -0.39 is 5.91 Å². The molecular formula is C25H20N2O6. The molecule has 2 N–H and O–H groups in total. The van der Waals surface area contributed by atoms with E-state index in [0.29, 0.717) is 39.6 Å². The van der Waals surface area contributed by atoms with Crippen LogP contribution in [0, 0.1) is 0 Å². The number of nitrogens with one attached hydrogen (secondary N) is 2. The van der Waals surface area contributed by atoms with Gasteiger partial charge in [-0.1, -0.05) is 24.3 Å². The molecule has 0 atom stereocenters. The molecule has 0 aliphatic carbocycles. The summed E-state index contributed by atoms with van der Waals surface area (Å²) in [6.07, 6.45) is 0.132. The van der Waals surface area contributed by atoms with Gasteiger partial charge in [0.05, 0.1) is 13.5 Å². The number of fused-ring (bicyclic) bond motifs is 2. The Morgan fingerprint density at radius 2 is 1.73 bits per heavy atom. The summed E-state index contributed by atoms with van der Waals surface area (Å²) in [6, 6.07) is 19.5. The zero-order chi connectivity index (χ0) is 22.8. The molecule has 0 fully saturated rings. The van der Waals surface area contributed by atoms with Crippen LogP contribution >= 0.6 is 0 Å². The van der Waals surface area contributed by atoms with Gasteiger partial charge in [0.1, 0.15) is 17.0 Å². The van der Waals surface area contributed by atoms with Crippen LogP contribution in [0.25, 0.3) is 11.0 Å². The molecule has 1 aliphatic rings. The second kappa shape index (κ2) is 8.58. The molecule has 3 aromatic carbocycles. The van der Waals surface area contributed by atoms with Crippen molar-refractivity contribution in [2.45, 2.75) is 6.42 Å². The quantitative estimate of drug-likeness (QED) is 0.451. The molecule has 2 amide bonds. The number of benzene rings is 3. The SMILES string of the molecule is COc1ccc(CC(=O)Nc2c(C(=O)Nc3ccc4c(c3)OCO4)oc3ccccc23)cc1. The highest BCUT2D eigenvalue weighted by Gasteiger charge is 2.23. The molecule has 0 unspecified atom stereocenters. The van der Waals surface area contributed by atoms with Crippen LogP contribution < -0.4 is 24.8 Å². The van der Waals surface area contributed by atoms with Gasteiger partial charge in [-0.3, -0.25) is 9.59 Å². The second-order valence-electron chi connectivity index (χ2n) is 7.40. The lowest BCUT2D eigenvalue weighted by molar-refractivity contribution is -0.115. The van der Waals surface area contributed by atoms with E-state index in [2.05, 4.69) is 10.6 Å². The van der Waals surface area contributed by atoms with Crippen LogP contribution in [0.2, 0.25) is 0 Å². The zero-order valence-corrected chi connectivity index (χ0v) is 17.7. The van der Waals surface area contributed by atoms with Gasteiger partial charge in [-0.2, -0.15) is 0 Å². The summed E-state index contributed by atoms with van der Waals surface area (Å²) in [7, 11) is 1.59. The summed E-state index contributed by atoms with van der Waals surface area (Å²) in [5, 5.41) is 6.28. The van der Waals surface area contributed by atoms with E-state index in [1.54, 1.807) is 55.6 Å². The number of amides is 2. The van der Waals surface area contributed by atoms with E-state index in [0.717, 1.165) is 5.56 Å². The fraction of sp³-hybridized carbons (Fsp3) is 0.120. The highest BCUT2D eigenvalue weighted by atomic mass is 16.7. The number of para-hydroxylation sites is 1. The summed E-state index contributed by atoms with van der Waals surface area (Å²) < 4.78 is 21.6. The standard InChI is InChI=1S/C25H20N2O6/c1-30-17-9-6-15(7-10-17)12-22(28)27-23-18-4-2-3-5-19(18)33-24(23)25(29)26-16-8-11-20-21(13-16)32-14-31-20/h2-11,13H,12,14H2,1H3,(H,26,29)(H,27,28). The van der Waals surface area contributed by atoms with Crippen LogP contribution in [0.5, 0.6) is 17.2 Å². The van der Waals surface area contributed by atoms with Crippen molar-refractivity contribution in [3.05, 3.63) is 78.1 Å². The summed E-state index contributed by atoms with van der Waals surface area (Å²) >= 11 is 0. The molecule has 1 aliphatic heterocycles. The fourth-order valence-corrected chi connectivity index (χ4v) is 3.60. The predicted molar refractivity (Wildman–Crippen MR) is 122 cm³/mol. The largest absolute Gasteiger partial charge is 0.497 e. The molecular weight excluding hydrogens is 424 g/mol. The third-order valence-corrected chi connectivity index (χ3v) is 5.22. The third-order valence-electron chi connectivity index (χ3n) is 5.22. The molecule has 0 radical (unpaired) electrons. The van der Waals surface area contributed by atoms with E-state index in [9.17, 15) is 9.59 Å². The zero-order valence-electron chi connectivity index (χ0n) is 17.7. The average molecular weight is 444 g/mol. The van der Waals surface area contributed by atoms with Crippen LogP contribution in [0.3, 0.4) is 0 Å². The van der Waals surface area contributed by atoms with E-state index in [4.69, 9.17) is 18.6 Å². The third kappa shape index (κ3) is 4.18. The van der Waals surface area contributed by atoms with Crippen molar-refractivity contribution in [2.75, 3.05) is 24.5 Å². The number of furan rings is 1. The van der Waals surface area contributed by atoms with E-state index in [1.807, 2.05) is 18.2 Å². The first kappa shape index (κ1) is 20.4. The van der Waals surface area contributed by atoms with Gasteiger partial charge in [0.15, 0.2) is 11.5 Å². The highest BCUT2D eigenvalue weighted by molar-refractivity contribution is 6.14. The average Bonchev–Trinajstić information content (AvgIpc) is 3.44. The predicted octanol–water partition coefficient (Wildman–Crippen LogP) is 4.60. The van der Waals surface area contributed by atoms with Gasteiger partial charge in [0.25, 0.3) is 5.91 Å². The Labute approximate surface area is 189 Å². The maximum atomic E-state index is 13.1. The van der Waals surface area contributed by atoms with Crippen molar-refractivity contribution >= 4 is 34.2 Å². The Morgan fingerprint density at radius 1 is 0.939 bits per heavy atom. The Morgan fingerprint density at radius 3 is 2.55 bits per heavy atom. The summed E-state index contributed by atoms with van der Waals surface area (Å²) in [5.41, 5.74) is 2.14. The van der Waals surface area contributed by atoms with Crippen molar-refractivity contribution in [3.8, 4) is 17.2 Å². The van der Waals surface area contributed by atoms with Crippen molar-refractivity contribution in [3.63, 3.8) is 0 Å². The van der Waals surface area contributed by atoms with Gasteiger partial charge in [-0.05, 0) is 42.0 Å². The molecule has 0 saturated heterocycles. The van der Waals surface area contributed by atoms with Crippen LogP contribution in [0.15, 0.2) is 71.1 Å². The molecule has 2 heterocycles. The van der Waals surface area contributed by atoms with Gasteiger partial charge >= 0.3 is 0 Å². The molecule has 8 nitrogen and oxygen atoms in total. The minimum absolute atomic E-state index is 0.0111. The molecule has 0 spiro atoms. The monoisotopic (exact) mass is 444 g/mol. The van der Waals surface area contributed by atoms with Gasteiger partial charge in [-0.15, -0.1) is 0 Å². The van der Waals surface area contributed by atoms with E-state index in [1.165, 1.54) is 0 Å². The summed E-state index contributed by atoms with van der Waals surface area (Å²) in [5.74, 6) is 1.11. The molecule has 0 saturated carbocycles. The lowest BCUT2D eigenvalue weighted by Crippen LogP contribution is -2.18. The summed E-state index contributed by atoms with van der Waals surface area (Å²) in [6.45, 7) is 0.140. The molecule has 4 aromatic rings. The van der Waals surface area contributed by atoms with Gasteiger partial charge < -0.3 is 29.3 Å². The maximum Gasteiger partial charge on any atom is 0.293 e. The number of hydrogen-bond donors (Lipinski definition) is 2. The number of anilines is 2. The number of hydrogen-bond acceptors (Lipinski definition) is 6. The minimum Gasteiger partial charge on any atom is -0.497 e. The van der Waals surface area contributed by atoms with Gasteiger partial charge in [-0.25, -0.2) is 0 Å². The number of carbonyl (C=O) groups is 2. The Bertz CT molecular complexity index is 1340. The smallest absolute Gasteiger partial charge is 0.293 e. The number of ether oxygens (including phenoxy) is 3. The normalized spacial score (nSPS) is 11.9. The maximum absolute atomic E-state index is 13.1. The van der Waals surface area contributed by atoms with Crippen molar-refractivity contribution in [2.24, 2.45) is 0 Å². The van der Waals surface area contributed by atoms with Crippen LogP contribution in [0.1, 0.15) is 16.1 Å². The van der Waals surface area contributed by atoms with E-state index in [-0.39, 0.29) is 24.9 Å². The van der Waals surface area contributed by atoms with Crippen molar-refractivity contribution < 1.29 is 28.2 Å². The van der Waals surface area contributed by atoms with Crippen LogP contribution in [0.4, 0.5) is 11.4 Å². The Balaban J connectivity index is 1.39. The van der Waals surface area contributed by atoms with Crippen molar-refractivity contribution in [1.29, 1.82) is 0 Å². The van der Waals surface area contributed by atoms with Crippen molar-refractivity contribution in [1.82, 2.24) is 0 Å². The lowest BCUT2D eigenvalue weighted by Gasteiger charge is -2.08. The minimum atomic E-state index is -0.496. The topological polar surface area (TPSA) is 99.0 Å². The first-order valence-corrected chi connectivity index (χ1v) is 10.3. The van der Waals surface area contributed by atoms with Gasteiger partial charge in [0.2, 0.25) is 18.5 Å². The molecule has 33 heavy (non-hydrogen) atoms. The molecule has 5 rings (SSSR count). The number of methoxy groups -OCH3 is 1. The molecule has 8 heteroatoms. The molecule has 166 valence electrons. The summed E-state index contributed by atoms with van der Waals surface area (Å²) in [4.78, 5) is 25.9. The van der Waals surface area contributed by atoms with E-state index >= 15 is 0 Å². The lowest BCUT2D eigenvalue weighted by atomic mass is 10.1. The second-order valence-corrected chi connectivity index (χ2v) is 7.40. The first-order valence-electron chi connectivity index (χ1n) is 10.3. The van der Waals surface area contributed by atoms with Crippen LogP contribution in [-0.4, -0.2) is 25.7 Å². The number of carbonyl (C=O) groups excluding carboxylic acids is 2. The highest BCUT2D eigenvalue weighted by Crippen LogP contribution is 2.35. The molecule has 1 aromatic heterocycles.